The molecule has 4 heteroatoms. The normalized spacial score (nSPS) is 11.2. The van der Waals surface area contributed by atoms with Crippen molar-refractivity contribution in [3.63, 3.8) is 0 Å². The topological polar surface area (TPSA) is 47.9 Å². The maximum absolute atomic E-state index is 6.28. The van der Waals surface area contributed by atoms with E-state index < -0.39 is 0 Å². The lowest BCUT2D eigenvalue weighted by atomic mass is 9.89. The van der Waals surface area contributed by atoms with Crippen molar-refractivity contribution < 1.29 is 4.74 Å². The molecule has 0 N–H and O–H groups in total. The number of benzene rings is 4. The number of hydrogen-bond acceptors (Lipinski definition) is 4. The van der Waals surface area contributed by atoms with E-state index in [0.717, 1.165) is 32.9 Å². The van der Waals surface area contributed by atoms with Gasteiger partial charge < -0.3 is 4.74 Å². The summed E-state index contributed by atoms with van der Waals surface area (Å²) >= 11 is 0. The molecule has 0 bridgehead atoms. The monoisotopic (exact) mass is 399 g/mol. The van der Waals surface area contributed by atoms with Crippen LogP contribution in [0.1, 0.15) is 0 Å². The Kier molecular flexibility index (Phi) is 4.06. The maximum atomic E-state index is 6.28. The minimum absolute atomic E-state index is 0.462. The van der Waals surface area contributed by atoms with E-state index in [4.69, 9.17) is 4.74 Å². The fraction of sp³-hybridized carbons (Fsp3) is 0. The number of ether oxygens (including phenoxy) is 1. The lowest BCUT2D eigenvalue weighted by Crippen LogP contribution is -1.94. The van der Waals surface area contributed by atoms with Crippen LogP contribution in [0.2, 0.25) is 0 Å². The minimum atomic E-state index is 0.462. The van der Waals surface area contributed by atoms with E-state index >= 15 is 0 Å². The summed E-state index contributed by atoms with van der Waals surface area (Å²) in [6.07, 6.45) is 8.61. The third kappa shape index (κ3) is 2.89. The molecule has 0 radical (unpaired) electrons. The molecule has 0 unspecified atom stereocenters. The molecule has 4 nitrogen and oxygen atoms in total. The second-order valence-corrected chi connectivity index (χ2v) is 7.34. The van der Waals surface area contributed by atoms with Crippen LogP contribution in [-0.2, 0) is 0 Å². The van der Waals surface area contributed by atoms with Crippen molar-refractivity contribution in [3.05, 3.63) is 104 Å². The van der Waals surface area contributed by atoms with Gasteiger partial charge in [-0.2, -0.15) is 0 Å². The van der Waals surface area contributed by atoms with Crippen LogP contribution in [0.15, 0.2) is 104 Å². The molecule has 4 aromatic carbocycles. The first-order chi connectivity index (χ1) is 15.4. The summed E-state index contributed by atoms with van der Waals surface area (Å²) in [6, 6.07) is 25.2. The Morgan fingerprint density at radius 1 is 0.548 bits per heavy atom. The van der Waals surface area contributed by atoms with E-state index in [-0.39, 0.29) is 0 Å². The summed E-state index contributed by atoms with van der Waals surface area (Å²) in [4.78, 5) is 12.9. The Morgan fingerprint density at radius 3 is 2.16 bits per heavy atom. The summed E-state index contributed by atoms with van der Waals surface area (Å²) < 4.78 is 6.28. The van der Waals surface area contributed by atoms with Crippen molar-refractivity contribution in [3.8, 4) is 22.8 Å². The highest BCUT2D eigenvalue weighted by Gasteiger charge is 2.18. The summed E-state index contributed by atoms with van der Waals surface area (Å²) in [6.45, 7) is 0. The highest BCUT2D eigenvalue weighted by Crippen LogP contribution is 2.45. The van der Waals surface area contributed by atoms with E-state index in [1.807, 2.05) is 18.3 Å². The first-order valence-corrected chi connectivity index (χ1v) is 10.1. The first-order valence-electron chi connectivity index (χ1n) is 10.1. The molecule has 0 spiro atoms. The van der Waals surface area contributed by atoms with Gasteiger partial charge in [-0.25, -0.2) is 4.98 Å². The van der Waals surface area contributed by atoms with Crippen LogP contribution in [0.4, 0.5) is 0 Å². The van der Waals surface area contributed by atoms with Crippen LogP contribution in [-0.4, -0.2) is 15.0 Å². The molecule has 0 fully saturated rings. The fourth-order valence-electron chi connectivity index (χ4n) is 4.27. The van der Waals surface area contributed by atoms with Gasteiger partial charge in [-0.3, -0.25) is 9.97 Å². The molecule has 6 rings (SSSR count). The largest absolute Gasteiger partial charge is 0.436 e. The molecular weight excluding hydrogens is 382 g/mol. The van der Waals surface area contributed by atoms with Gasteiger partial charge in [0.05, 0.1) is 6.20 Å². The van der Waals surface area contributed by atoms with Gasteiger partial charge in [-0.05, 0) is 33.4 Å². The van der Waals surface area contributed by atoms with Crippen molar-refractivity contribution in [1.29, 1.82) is 0 Å². The van der Waals surface area contributed by atoms with Gasteiger partial charge in [0.1, 0.15) is 5.75 Å². The summed E-state index contributed by atoms with van der Waals surface area (Å²) in [5, 5.41) is 6.58. The fourth-order valence-corrected chi connectivity index (χ4v) is 4.27. The number of fused-ring (bicyclic) bond motifs is 3. The Hall–Kier alpha value is -4.31. The molecule has 6 aromatic rings. The van der Waals surface area contributed by atoms with Crippen molar-refractivity contribution in [1.82, 2.24) is 15.0 Å². The zero-order valence-corrected chi connectivity index (χ0v) is 16.6. The molecule has 0 aliphatic rings. The Labute approximate surface area is 178 Å². The second kappa shape index (κ2) is 7.18. The van der Waals surface area contributed by atoms with Crippen molar-refractivity contribution in [2.45, 2.75) is 0 Å². The third-order valence-corrected chi connectivity index (χ3v) is 5.58. The summed E-state index contributed by atoms with van der Waals surface area (Å²) in [5.74, 6) is 1.22. The predicted octanol–water partition coefficient (Wildman–Crippen LogP) is 6.79. The van der Waals surface area contributed by atoms with E-state index in [0.29, 0.717) is 5.88 Å². The van der Waals surface area contributed by atoms with Crippen LogP contribution in [0, 0.1) is 0 Å². The van der Waals surface area contributed by atoms with Crippen molar-refractivity contribution >= 4 is 32.3 Å². The van der Waals surface area contributed by atoms with Crippen molar-refractivity contribution in [2.75, 3.05) is 0 Å². The van der Waals surface area contributed by atoms with E-state index in [1.165, 1.54) is 16.3 Å². The van der Waals surface area contributed by atoms with Gasteiger partial charge >= 0.3 is 0 Å². The van der Waals surface area contributed by atoms with Crippen LogP contribution >= 0.6 is 0 Å². The number of hydrogen-bond donors (Lipinski definition) is 0. The summed E-state index contributed by atoms with van der Waals surface area (Å²) in [5.41, 5.74) is 2.33. The third-order valence-electron chi connectivity index (χ3n) is 5.58. The van der Waals surface area contributed by atoms with E-state index in [2.05, 4.69) is 75.6 Å². The van der Waals surface area contributed by atoms with Crippen LogP contribution in [0.25, 0.3) is 43.4 Å². The Bertz CT molecular complexity index is 1500. The molecule has 31 heavy (non-hydrogen) atoms. The second-order valence-electron chi connectivity index (χ2n) is 7.34. The van der Waals surface area contributed by atoms with Gasteiger partial charge in [0.25, 0.3) is 0 Å². The van der Waals surface area contributed by atoms with Gasteiger partial charge in [0, 0.05) is 40.9 Å². The van der Waals surface area contributed by atoms with Crippen LogP contribution in [0.5, 0.6) is 11.6 Å². The molecule has 0 aliphatic carbocycles. The zero-order valence-electron chi connectivity index (χ0n) is 16.6. The highest BCUT2D eigenvalue weighted by atomic mass is 16.5. The number of aromatic nitrogens is 3. The quantitative estimate of drug-likeness (QED) is 0.307. The SMILES string of the molecule is c1ccc2c(-c3c4ccccc4c(Oc4cnccn4)c4ccncc34)cccc2c1. The van der Waals surface area contributed by atoms with Gasteiger partial charge in [-0.1, -0.05) is 66.7 Å². The predicted molar refractivity (Wildman–Crippen MR) is 124 cm³/mol. The average molecular weight is 399 g/mol. The molecule has 0 amide bonds. The van der Waals surface area contributed by atoms with Crippen LogP contribution < -0.4 is 4.74 Å². The summed E-state index contributed by atoms with van der Waals surface area (Å²) in [7, 11) is 0. The smallest absolute Gasteiger partial charge is 0.237 e. The maximum Gasteiger partial charge on any atom is 0.237 e. The minimum Gasteiger partial charge on any atom is -0.436 e. The standard InChI is InChI=1S/C27H17N3O/c1-2-8-19-18(6-1)7-5-11-20(19)26-21-9-3-4-10-22(21)27(23-12-13-28-16-24(23)26)31-25-17-29-14-15-30-25/h1-17H. The van der Waals surface area contributed by atoms with Crippen LogP contribution in [0.3, 0.4) is 0 Å². The molecule has 2 heterocycles. The number of nitrogens with zero attached hydrogens (tertiary/aromatic N) is 3. The number of rotatable bonds is 3. The van der Waals surface area contributed by atoms with E-state index in [1.54, 1.807) is 24.8 Å². The van der Waals surface area contributed by atoms with Gasteiger partial charge in [0.2, 0.25) is 5.88 Å². The lowest BCUT2D eigenvalue weighted by Gasteiger charge is -2.17. The average Bonchev–Trinajstić information content (AvgIpc) is 2.84. The molecule has 2 aromatic heterocycles. The van der Waals surface area contributed by atoms with Crippen molar-refractivity contribution in [2.24, 2.45) is 0 Å². The highest BCUT2D eigenvalue weighted by molar-refractivity contribution is 6.19. The first kappa shape index (κ1) is 17.5. The number of pyridine rings is 1. The molecule has 0 atom stereocenters. The molecule has 0 aliphatic heterocycles. The molecule has 146 valence electrons. The van der Waals surface area contributed by atoms with Gasteiger partial charge in [0.15, 0.2) is 0 Å². The lowest BCUT2D eigenvalue weighted by molar-refractivity contribution is 0.470. The zero-order chi connectivity index (χ0) is 20.6. The molecule has 0 saturated carbocycles. The van der Waals surface area contributed by atoms with Gasteiger partial charge in [-0.15, -0.1) is 0 Å². The Morgan fingerprint density at radius 2 is 1.29 bits per heavy atom. The molecule has 0 saturated heterocycles. The molecular formula is C27H17N3O. The van der Waals surface area contributed by atoms with E-state index in [9.17, 15) is 0 Å². The Balaban J connectivity index is 1.75.